The molecule has 0 aliphatic heterocycles. The minimum Gasteiger partial charge on any atom is -0.410 e. The zero-order valence-corrected chi connectivity index (χ0v) is 14.9. The SMILES string of the molecule is Cc1ccccc1Nc1ccc(C(=NO)c2c(C)noc2C)c(Cl)c1. The van der Waals surface area contributed by atoms with Crippen molar-refractivity contribution in [2.45, 2.75) is 20.8 Å². The van der Waals surface area contributed by atoms with E-state index in [9.17, 15) is 5.21 Å². The van der Waals surface area contributed by atoms with Gasteiger partial charge in [0.15, 0.2) is 0 Å². The maximum atomic E-state index is 9.51. The highest BCUT2D eigenvalue weighted by molar-refractivity contribution is 6.35. The molecule has 2 N–H and O–H groups in total. The number of oxime groups is 1. The van der Waals surface area contributed by atoms with Gasteiger partial charge in [0.1, 0.15) is 11.5 Å². The molecule has 6 heteroatoms. The van der Waals surface area contributed by atoms with E-state index >= 15 is 0 Å². The molecule has 25 heavy (non-hydrogen) atoms. The summed E-state index contributed by atoms with van der Waals surface area (Å²) in [7, 11) is 0. The summed E-state index contributed by atoms with van der Waals surface area (Å²) in [6.07, 6.45) is 0. The van der Waals surface area contributed by atoms with Crippen LogP contribution in [-0.2, 0) is 0 Å². The number of para-hydroxylation sites is 1. The monoisotopic (exact) mass is 355 g/mol. The number of aromatic nitrogens is 1. The molecule has 0 unspecified atom stereocenters. The molecule has 3 rings (SSSR count). The molecule has 1 heterocycles. The number of halogens is 1. The van der Waals surface area contributed by atoms with E-state index in [-0.39, 0.29) is 0 Å². The van der Waals surface area contributed by atoms with Crippen LogP contribution >= 0.6 is 11.6 Å². The maximum Gasteiger partial charge on any atom is 0.143 e. The van der Waals surface area contributed by atoms with Gasteiger partial charge >= 0.3 is 0 Å². The minimum atomic E-state index is 0.337. The highest BCUT2D eigenvalue weighted by atomic mass is 35.5. The molecule has 0 amide bonds. The van der Waals surface area contributed by atoms with Gasteiger partial charge in [-0.15, -0.1) is 0 Å². The van der Waals surface area contributed by atoms with E-state index < -0.39 is 0 Å². The van der Waals surface area contributed by atoms with Crippen molar-refractivity contribution in [3.63, 3.8) is 0 Å². The number of rotatable bonds is 4. The maximum absolute atomic E-state index is 9.51. The van der Waals surface area contributed by atoms with E-state index in [0.29, 0.717) is 33.3 Å². The lowest BCUT2D eigenvalue weighted by molar-refractivity contribution is 0.319. The topological polar surface area (TPSA) is 70.7 Å². The Hall–Kier alpha value is -2.79. The molecule has 0 fully saturated rings. The van der Waals surface area contributed by atoms with Crippen LogP contribution in [0.2, 0.25) is 5.02 Å². The molecule has 5 nitrogen and oxygen atoms in total. The summed E-state index contributed by atoms with van der Waals surface area (Å²) < 4.78 is 5.16. The Kier molecular flexibility index (Phi) is 4.76. The van der Waals surface area contributed by atoms with Gasteiger partial charge in [-0.25, -0.2) is 0 Å². The average molecular weight is 356 g/mol. The molecule has 0 aliphatic carbocycles. The fraction of sp³-hybridized carbons (Fsp3) is 0.158. The van der Waals surface area contributed by atoms with Gasteiger partial charge in [0, 0.05) is 16.9 Å². The molecular formula is C19H18ClN3O2. The summed E-state index contributed by atoms with van der Waals surface area (Å²) >= 11 is 6.45. The van der Waals surface area contributed by atoms with Crippen LogP contribution < -0.4 is 5.32 Å². The third kappa shape index (κ3) is 3.37. The van der Waals surface area contributed by atoms with Crippen molar-refractivity contribution < 1.29 is 9.73 Å². The first kappa shape index (κ1) is 17.0. The lowest BCUT2D eigenvalue weighted by Gasteiger charge is -2.12. The zero-order valence-electron chi connectivity index (χ0n) is 14.2. The van der Waals surface area contributed by atoms with Crippen molar-refractivity contribution in [3.8, 4) is 0 Å². The number of nitrogens with one attached hydrogen (secondary N) is 1. The van der Waals surface area contributed by atoms with Gasteiger partial charge in [0.05, 0.1) is 16.3 Å². The highest BCUT2D eigenvalue weighted by Crippen LogP contribution is 2.28. The molecule has 0 atom stereocenters. The Labute approximate surface area is 150 Å². The Balaban J connectivity index is 1.96. The molecule has 3 aromatic rings. The Morgan fingerprint density at radius 1 is 1.16 bits per heavy atom. The normalized spacial score (nSPS) is 11.6. The third-order valence-corrected chi connectivity index (χ3v) is 4.33. The molecule has 2 aromatic carbocycles. The van der Waals surface area contributed by atoms with E-state index in [4.69, 9.17) is 16.1 Å². The van der Waals surface area contributed by atoms with Gasteiger partial charge in [0.2, 0.25) is 0 Å². The quantitative estimate of drug-likeness (QED) is 0.382. The predicted octanol–water partition coefficient (Wildman–Crippen LogP) is 5.22. The average Bonchev–Trinajstić information content (AvgIpc) is 2.92. The number of benzene rings is 2. The summed E-state index contributed by atoms with van der Waals surface area (Å²) in [5.41, 5.74) is 5.22. The van der Waals surface area contributed by atoms with E-state index in [0.717, 1.165) is 16.9 Å². The minimum absolute atomic E-state index is 0.337. The van der Waals surface area contributed by atoms with Crippen LogP contribution in [0.5, 0.6) is 0 Å². The van der Waals surface area contributed by atoms with E-state index in [1.807, 2.05) is 43.3 Å². The van der Waals surface area contributed by atoms with Crippen molar-refractivity contribution in [3.05, 3.63) is 75.6 Å². The van der Waals surface area contributed by atoms with E-state index in [1.54, 1.807) is 19.9 Å². The first-order valence-electron chi connectivity index (χ1n) is 7.79. The van der Waals surface area contributed by atoms with Crippen LogP contribution in [0, 0.1) is 20.8 Å². The van der Waals surface area contributed by atoms with Crippen LogP contribution in [0.15, 0.2) is 52.1 Å². The highest BCUT2D eigenvalue weighted by Gasteiger charge is 2.20. The molecular weight excluding hydrogens is 338 g/mol. The van der Waals surface area contributed by atoms with Crippen LogP contribution in [0.25, 0.3) is 0 Å². The smallest absolute Gasteiger partial charge is 0.143 e. The lowest BCUT2D eigenvalue weighted by Crippen LogP contribution is -2.07. The number of anilines is 2. The van der Waals surface area contributed by atoms with E-state index in [1.165, 1.54) is 0 Å². The largest absolute Gasteiger partial charge is 0.410 e. The lowest BCUT2D eigenvalue weighted by atomic mass is 10.0. The summed E-state index contributed by atoms with van der Waals surface area (Å²) in [6.45, 7) is 5.59. The van der Waals surface area contributed by atoms with Gasteiger partial charge in [-0.2, -0.15) is 0 Å². The number of hydrogen-bond acceptors (Lipinski definition) is 5. The number of nitrogens with zero attached hydrogens (tertiary/aromatic N) is 2. The molecule has 0 saturated heterocycles. The van der Waals surface area contributed by atoms with Gasteiger partial charge in [-0.05, 0) is 50.6 Å². The van der Waals surface area contributed by atoms with Gasteiger partial charge < -0.3 is 15.0 Å². The van der Waals surface area contributed by atoms with Gasteiger partial charge in [-0.3, -0.25) is 0 Å². The van der Waals surface area contributed by atoms with Crippen molar-refractivity contribution >= 4 is 28.7 Å². The predicted molar refractivity (Wildman–Crippen MR) is 99.3 cm³/mol. The van der Waals surface area contributed by atoms with Crippen molar-refractivity contribution in [2.75, 3.05) is 5.32 Å². The third-order valence-electron chi connectivity index (χ3n) is 4.02. The van der Waals surface area contributed by atoms with Crippen LogP contribution in [0.3, 0.4) is 0 Å². The second-order valence-corrected chi connectivity index (χ2v) is 6.19. The van der Waals surface area contributed by atoms with Gasteiger partial charge in [-0.1, -0.05) is 40.1 Å². The first-order chi connectivity index (χ1) is 12.0. The summed E-state index contributed by atoms with van der Waals surface area (Å²) in [4.78, 5) is 0. The zero-order chi connectivity index (χ0) is 18.0. The Bertz CT molecular complexity index is 928. The molecule has 0 bridgehead atoms. The summed E-state index contributed by atoms with van der Waals surface area (Å²) in [5, 5.41) is 20.6. The Morgan fingerprint density at radius 3 is 2.52 bits per heavy atom. The van der Waals surface area contributed by atoms with E-state index in [2.05, 4.69) is 15.6 Å². The Morgan fingerprint density at radius 2 is 1.92 bits per heavy atom. The van der Waals surface area contributed by atoms with Gasteiger partial charge in [0.25, 0.3) is 0 Å². The molecule has 0 saturated carbocycles. The molecule has 0 radical (unpaired) electrons. The van der Waals surface area contributed by atoms with Crippen LogP contribution in [0.1, 0.15) is 28.1 Å². The second kappa shape index (κ2) is 6.99. The fourth-order valence-corrected chi connectivity index (χ4v) is 2.98. The van der Waals surface area contributed by atoms with Crippen molar-refractivity contribution in [2.24, 2.45) is 5.16 Å². The standard InChI is InChI=1S/C19H18ClN3O2/c1-11-6-4-5-7-17(11)21-14-8-9-15(16(20)10-14)19(22-24)18-12(2)23-25-13(18)3/h4-10,21,24H,1-3H3. The van der Waals surface area contributed by atoms with Crippen LogP contribution in [0.4, 0.5) is 11.4 Å². The number of hydrogen-bond donors (Lipinski definition) is 2. The molecule has 1 aromatic heterocycles. The summed E-state index contributed by atoms with van der Waals surface area (Å²) in [6, 6.07) is 13.5. The first-order valence-corrected chi connectivity index (χ1v) is 8.17. The molecule has 128 valence electrons. The second-order valence-electron chi connectivity index (χ2n) is 5.78. The fourth-order valence-electron chi connectivity index (χ4n) is 2.71. The number of aryl methyl sites for hydroxylation is 3. The molecule has 0 spiro atoms. The van der Waals surface area contributed by atoms with Crippen molar-refractivity contribution in [1.82, 2.24) is 5.16 Å². The summed E-state index contributed by atoms with van der Waals surface area (Å²) in [5.74, 6) is 0.573. The molecule has 0 aliphatic rings. The van der Waals surface area contributed by atoms with Crippen molar-refractivity contribution in [1.29, 1.82) is 0 Å². The van der Waals surface area contributed by atoms with Crippen LogP contribution in [-0.4, -0.2) is 16.1 Å².